The Hall–Kier alpha value is -1.63. The van der Waals surface area contributed by atoms with Crippen LogP contribution in [0.2, 0.25) is 5.02 Å². The highest BCUT2D eigenvalue weighted by molar-refractivity contribution is 7.88. The van der Waals surface area contributed by atoms with E-state index in [1.165, 1.54) is 18.2 Å². The highest BCUT2D eigenvalue weighted by Crippen LogP contribution is 2.21. The maximum absolute atomic E-state index is 13.7. The molecule has 0 fully saturated rings. The topological polar surface area (TPSA) is 55.4 Å². The summed E-state index contributed by atoms with van der Waals surface area (Å²) in [7, 11) is -3.71. The van der Waals surface area contributed by atoms with Crippen LogP contribution in [-0.2, 0) is 15.8 Å². The minimum Gasteiger partial charge on any atom is -0.492 e. The fourth-order valence-electron chi connectivity index (χ4n) is 2.23. The van der Waals surface area contributed by atoms with Gasteiger partial charge in [0, 0.05) is 17.1 Å². The standard InChI is InChI=1S/C17H19ClFNO3S/c1-12-6-7-17(13(2)10-12)23-9-8-20-24(21,22)11-14-15(18)4-3-5-16(14)19/h3-7,10,20H,8-9,11H2,1-2H3. The summed E-state index contributed by atoms with van der Waals surface area (Å²) in [5.74, 6) is -0.446. The first-order valence-electron chi connectivity index (χ1n) is 7.39. The molecule has 0 aliphatic carbocycles. The molecule has 2 aromatic carbocycles. The molecule has 0 spiro atoms. The van der Waals surface area contributed by atoms with Gasteiger partial charge in [0.2, 0.25) is 10.0 Å². The van der Waals surface area contributed by atoms with Gasteiger partial charge in [0.05, 0.1) is 5.75 Å². The lowest BCUT2D eigenvalue weighted by atomic mass is 10.1. The van der Waals surface area contributed by atoms with E-state index in [9.17, 15) is 12.8 Å². The Balaban J connectivity index is 1.89. The van der Waals surface area contributed by atoms with Gasteiger partial charge in [-0.3, -0.25) is 0 Å². The van der Waals surface area contributed by atoms with Crippen molar-refractivity contribution in [2.24, 2.45) is 0 Å². The number of sulfonamides is 1. The molecule has 0 unspecified atom stereocenters. The first-order valence-corrected chi connectivity index (χ1v) is 9.42. The molecule has 0 radical (unpaired) electrons. The molecule has 1 N–H and O–H groups in total. The normalized spacial score (nSPS) is 11.5. The van der Waals surface area contributed by atoms with Gasteiger partial charge >= 0.3 is 0 Å². The van der Waals surface area contributed by atoms with Crippen LogP contribution >= 0.6 is 11.6 Å². The summed E-state index contributed by atoms with van der Waals surface area (Å²) in [4.78, 5) is 0. The summed E-state index contributed by atoms with van der Waals surface area (Å²) in [6.45, 7) is 4.17. The Morgan fingerprint density at radius 1 is 1.21 bits per heavy atom. The SMILES string of the molecule is Cc1ccc(OCCNS(=O)(=O)Cc2c(F)cccc2Cl)c(C)c1. The van der Waals surface area contributed by atoms with Crippen LogP contribution in [0.3, 0.4) is 0 Å². The molecule has 0 saturated carbocycles. The molecule has 0 aliphatic heterocycles. The third kappa shape index (κ3) is 5.19. The number of aryl methyl sites for hydroxylation is 2. The number of rotatable bonds is 7. The lowest BCUT2D eigenvalue weighted by Gasteiger charge is -2.11. The van der Waals surface area contributed by atoms with Gasteiger partial charge in [-0.05, 0) is 37.6 Å². The van der Waals surface area contributed by atoms with E-state index in [4.69, 9.17) is 16.3 Å². The van der Waals surface area contributed by atoms with Crippen LogP contribution in [0.5, 0.6) is 5.75 Å². The van der Waals surface area contributed by atoms with Crippen molar-refractivity contribution in [3.05, 3.63) is 63.9 Å². The van der Waals surface area contributed by atoms with Gasteiger partial charge in [0.15, 0.2) is 0 Å². The molecular formula is C17H19ClFNO3S. The predicted molar refractivity (Wildman–Crippen MR) is 93.4 cm³/mol. The number of halogens is 2. The molecule has 2 aromatic rings. The third-order valence-electron chi connectivity index (χ3n) is 3.41. The molecule has 2 rings (SSSR count). The molecule has 7 heteroatoms. The van der Waals surface area contributed by atoms with Crippen LogP contribution in [0.1, 0.15) is 16.7 Å². The fraction of sp³-hybridized carbons (Fsp3) is 0.294. The van der Waals surface area contributed by atoms with Crippen molar-refractivity contribution >= 4 is 21.6 Å². The average molecular weight is 372 g/mol. The van der Waals surface area contributed by atoms with E-state index in [0.717, 1.165) is 11.1 Å². The number of benzene rings is 2. The van der Waals surface area contributed by atoms with Crippen LogP contribution in [-0.4, -0.2) is 21.6 Å². The predicted octanol–water partition coefficient (Wildman–Crippen LogP) is 3.59. The smallest absolute Gasteiger partial charge is 0.216 e. The average Bonchev–Trinajstić information content (AvgIpc) is 2.49. The molecule has 0 amide bonds. The maximum Gasteiger partial charge on any atom is 0.216 e. The second kappa shape index (κ2) is 7.96. The van der Waals surface area contributed by atoms with Crippen molar-refractivity contribution in [3.8, 4) is 5.75 Å². The van der Waals surface area contributed by atoms with E-state index >= 15 is 0 Å². The molecule has 0 aromatic heterocycles. The molecule has 4 nitrogen and oxygen atoms in total. The van der Waals surface area contributed by atoms with Gasteiger partial charge in [0.25, 0.3) is 0 Å². The second-order valence-electron chi connectivity index (χ2n) is 5.47. The maximum atomic E-state index is 13.7. The third-order valence-corrected chi connectivity index (χ3v) is 5.07. The lowest BCUT2D eigenvalue weighted by molar-refractivity contribution is 0.320. The summed E-state index contributed by atoms with van der Waals surface area (Å²) < 4.78 is 45.7. The Labute approximate surface area is 146 Å². The molecule has 0 bridgehead atoms. The minimum absolute atomic E-state index is 0.0398. The molecule has 0 atom stereocenters. The number of hydrogen-bond donors (Lipinski definition) is 1. The molecule has 0 heterocycles. The highest BCUT2D eigenvalue weighted by Gasteiger charge is 2.17. The molecule has 24 heavy (non-hydrogen) atoms. The van der Waals surface area contributed by atoms with E-state index in [1.807, 2.05) is 32.0 Å². The van der Waals surface area contributed by atoms with E-state index in [2.05, 4.69) is 4.72 Å². The Morgan fingerprint density at radius 2 is 1.96 bits per heavy atom. The van der Waals surface area contributed by atoms with Gasteiger partial charge in [0.1, 0.15) is 18.2 Å². The van der Waals surface area contributed by atoms with Gasteiger partial charge in [-0.15, -0.1) is 0 Å². The monoisotopic (exact) mass is 371 g/mol. The van der Waals surface area contributed by atoms with Crippen LogP contribution in [0.4, 0.5) is 4.39 Å². The van der Waals surface area contributed by atoms with Crippen molar-refractivity contribution < 1.29 is 17.5 Å². The first kappa shape index (κ1) is 18.7. The summed E-state index contributed by atoms with van der Waals surface area (Å²) >= 11 is 5.85. The minimum atomic E-state index is -3.71. The number of ether oxygens (including phenoxy) is 1. The summed E-state index contributed by atoms with van der Waals surface area (Å²) in [6.07, 6.45) is 0. The van der Waals surface area contributed by atoms with Crippen molar-refractivity contribution in [2.75, 3.05) is 13.2 Å². The summed E-state index contributed by atoms with van der Waals surface area (Å²) in [5.41, 5.74) is 2.07. The van der Waals surface area contributed by atoms with Crippen molar-refractivity contribution in [3.63, 3.8) is 0 Å². The van der Waals surface area contributed by atoms with Crippen molar-refractivity contribution in [1.82, 2.24) is 4.72 Å². The van der Waals surface area contributed by atoms with Gasteiger partial charge < -0.3 is 4.74 Å². The number of nitrogens with one attached hydrogen (secondary N) is 1. The van der Waals surface area contributed by atoms with E-state index < -0.39 is 21.6 Å². The Morgan fingerprint density at radius 3 is 2.62 bits per heavy atom. The molecular weight excluding hydrogens is 353 g/mol. The molecule has 0 saturated heterocycles. The zero-order chi connectivity index (χ0) is 17.7. The van der Waals surface area contributed by atoms with Gasteiger partial charge in [-0.25, -0.2) is 17.5 Å². The summed E-state index contributed by atoms with van der Waals surface area (Å²) in [6, 6.07) is 9.82. The van der Waals surface area contributed by atoms with E-state index in [-0.39, 0.29) is 23.7 Å². The lowest BCUT2D eigenvalue weighted by Crippen LogP contribution is -2.29. The fourth-order valence-corrected chi connectivity index (χ4v) is 3.71. The van der Waals surface area contributed by atoms with E-state index in [0.29, 0.717) is 5.75 Å². The second-order valence-corrected chi connectivity index (χ2v) is 7.69. The van der Waals surface area contributed by atoms with Crippen LogP contribution in [0, 0.1) is 19.7 Å². The Bertz CT molecular complexity index is 804. The zero-order valence-corrected chi connectivity index (χ0v) is 15.0. The Kier molecular flexibility index (Phi) is 6.21. The highest BCUT2D eigenvalue weighted by atomic mass is 35.5. The van der Waals surface area contributed by atoms with Crippen molar-refractivity contribution in [1.29, 1.82) is 0 Å². The van der Waals surface area contributed by atoms with Gasteiger partial charge in [-0.1, -0.05) is 35.4 Å². The zero-order valence-electron chi connectivity index (χ0n) is 13.5. The largest absolute Gasteiger partial charge is 0.492 e. The quantitative estimate of drug-likeness (QED) is 0.757. The van der Waals surface area contributed by atoms with Crippen molar-refractivity contribution in [2.45, 2.75) is 19.6 Å². The molecule has 130 valence electrons. The van der Waals surface area contributed by atoms with Crippen LogP contribution in [0.25, 0.3) is 0 Å². The molecule has 0 aliphatic rings. The van der Waals surface area contributed by atoms with Gasteiger partial charge in [-0.2, -0.15) is 0 Å². The summed E-state index contributed by atoms with van der Waals surface area (Å²) in [5, 5.41) is 0.0897. The van der Waals surface area contributed by atoms with E-state index in [1.54, 1.807) is 0 Å². The van der Waals surface area contributed by atoms with Crippen LogP contribution in [0.15, 0.2) is 36.4 Å². The number of hydrogen-bond acceptors (Lipinski definition) is 3. The van der Waals surface area contributed by atoms with Crippen LogP contribution < -0.4 is 9.46 Å². The first-order chi connectivity index (χ1) is 11.3.